The number of aromatic hydroxyl groups is 1. The monoisotopic (exact) mass is 343 g/mol. The predicted octanol–water partition coefficient (Wildman–Crippen LogP) is 3.33. The molecule has 0 saturated heterocycles. The maximum atomic E-state index is 10.6. The first-order valence-electron chi connectivity index (χ1n) is 6.93. The van der Waals surface area contributed by atoms with Crippen molar-refractivity contribution >= 4 is 15.9 Å². The van der Waals surface area contributed by atoms with Gasteiger partial charge in [-0.15, -0.1) is 0 Å². The summed E-state index contributed by atoms with van der Waals surface area (Å²) in [5.41, 5.74) is 6.74. The molecule has 0 bridgehead atoms. The highest BCUT2D eigenvalue weighted by molar-refractivity contribution is 9.10. The lowest BCUT2D eigenvalue weighted by atomic mass is 9.69. The van der Waals surface area contributed by atoms with E-state index in [1.54, 1.807) is 7.11 Å². The van der Waals surface area contributed by atoms with E-state index in [-0.39, 0.29) is 11.2 Å². The average molecular weight is 344 g/mol. The first-order valence-corrected chi connectivity index (χ1v) is 7.73. The van der Waals surface area contributed by atoms with E-state index in [9.17, 15) is 5.11 Å². The van der Waals surface area contributed by atoms with Gasteiger partial charge in [0.1, 0.15) is 0 Å². The van der Waals surface area contributed by atoms with E-state index >= 15 is 0 Å². The van der Waals surface area contributed by atoms with Gasteiger partial charge in [0.2, 0.25) is 5.75 Å². The quantitative estimate of drug-likeness (QED) is 0.879. The zero-order chi connectivity index (χ0) is 14.8. The summed E-state index contributed by atoms with van der Waals surface area (Å²) in [7, 11) is 3.09. The molecule has 0 heterocycles. The van der Waals surface area contributed by atoms with E-state index in [0.717, 1.165) is 35.7 Å². The smallest absolute Gasteiger partial charge is 0.203 e. The van der Waals surface area contributed by atoms with Gasteiger partial charge >= 0.3 is 0 Å². The first kappa shape index (κ1) is 15.4. The van der Waals surface area contributed by atoms with Crippen molar-refractivity contribution in [2.24, 2.45) is 5.73 Å². The van der Waals surface area contributed by atoms with Crippen LogP contribution in [0.5, 0.6) is 17.2 Å². The topological polar surface area (TPSA) is 64.7 Å². The minimum Gasteiger partial charge on any atom is -0.504 e. The van der Waals surface area contributed by atoms with Crippen LogP contribution in [0, 0.1) is 0 Å². The van der Waals surface area contributed by atoms with Gasteiger partial charge in [-0.05, 0) is 18.9 Å². The highest BCUT2D eigenvalue weighted by atomic mass is 79.9. The maximum absolute atomic E-state index is 10.6. The lowest BCUT2D eigenvalue weighted by molar-refractivity contribution is 0.279. The number of nitrogens with two attached hydrogens (primary N) is 1. The summed E-state index contributed by atoms with van der Waals surface area (Å²) in [6, 6.07) is 1.85. The molecular weight excluding hydrogens is 322 g/mol. The van der Waals surface area contributed by atoms with Crippen LogP contribution in [0.4, 0.5) is 0 Å². The number of hydrogen-bond donors (Lipinski definition) is 2. The SMILES string of the molecule is COc1cc(Br)c(C2(CN)CCCCC2)c(O)c1OC. The third-order valence-corrected chi connectivity index (χ3v) is 4.95. The van der Waals surface area contributed by atoms with Crippen molar-refractivity contribution in [3.8, 4) is 17.2 Å². The lowest BCUT2D eigenvalue weighted by Gasteiger charge is -2.38. The molecule has 1 aromatic rings. The van der Waals surface area contributed by atoms with E-state index in [4.69, 9.17) is 15.2 Å². The van der Waals surface area contributed by atoms with Crippen LogP contribution in [-0.2, 0) is 5.41 Å². The Morgan fingerprint density at radius 3 is 2.40 bits per heavy atom. The third-order valence-electron chi connectivity index (χ3n) is 4.33. The van der Waals surface area contributed by atoms with Crippen LogP contribution in [0.1, 0.15) is 37.7 Å². The summed E-state index contributed by atoms with van der Waals surface area (Å²) in [5.74, 6) is 1.04. The van der Waals surface area contributed by atoms with Gasteiger partial charge in [-0.25, -0.2) is 0 Å². The van der Waals surface area contributed by atoms with Crippen molar-refractivity contribution in [2.45, 2.75) is 37.5 Å². The molecule has 0 atom stereocenters. The molecule has 1 aliphatic rings. The van der Waals surface area contributed by atoms with Crippen LogP contribution >= 0.6 is 15.9 Å². The molecule has 1 saturated carbocycles. The molecule has 0 amide bonds. The Balaban J connectivity index is 2.60. The molecule has 0 unspecified atom stereocenters. The van der Waals surface area contributed by atoms with E-state index in [1.165, 1.54) is 13.5 Å². The molecule has 3 N–H and O–H groups in total. The minimum atomic E-state index is -0.180. The Morgan fingerprint density at radius 2 is 1.90 bits per heavy atom. The summed E-state index contributed by atoms with van der Waals surface area (Å²) in [6.07, 6.45) is 5.48. The number of benzene rings is 1. The molecular formula is C15H22BrNO3. The molecule has 1 aromatic carbocycles. The Kier molecular flexibility index (Phi) is 4.81. The Hall–Kier alpha value is -0.940. The fourth-order valence-electron chi connectivity index (χ4n) is 3.23. The fraction of sp³-hybridized carbons (Fsp3) is 0.600. The molecule has 4 nitrogen and oxygen atoms in total. The van der Waals surface area contributed by atoms with Gasteiger partial charge in [-0.2, -0.15) is 0 Å². The van der Waals surface area contributed by atoms with Crippen molar-refractivity contribution in [2.75, 3.05) is 20.8 Å². The van der Waals surface area contributed by atoms with Crippen LogP contribution in [0.2, 0.25) is 0 Å². The van der Waals surface area contributed by atoms with Crippen LogP contribution in [0.3, 0.4) is 0 Å². The van der Waals surface area contributed by atoms with Crippen molar-refractivity contribution < 1.29 is 14.6 Å². The zero-order valence-corrected chi connectivity index (χ0v) is 13.6. The second kappa shape index (κ2) is 6.22. The molecule has 20 heavy (non-hydrogen) atoms. The zero-order valence-electron chi connectivity index (χ0n) is 12.0. The number of rotatable bonds is 4. The predicted molar refractivity (Wildman–Crippen MR) is 82.7 cm³/mol. The Labute approximate surface area is 128 Å². The van der Waals surface area contributed by atoms with E-state index in [2.05, 4.69) is 15.9 Å². The number of phenolic OH excluding ortho intramolecular Hbond substituents is 1. The Morgan fingerprint density at radius 1 is 1.25 bits per heavy atom. The standard InChI is InChI=1S/C15H22BrNO3/c1-19-11-8-10(16)12(13(18)14(11)20-2)15(9-17)6-4-3-5-7-15/h8,18H,3-7,9,17H2,1-2H3. The Bertz CT molecular complexity index is 484. The second-order valence-corrected chi connectivity index (χ2v) is 6.22. The highest BCUT2D eigenvalue weighted by Crippen LogP contribution is 2.51. The molecule has 112 valence electrons. The average Bonchev–Trinajstić information content (AvgIpc) is 2.47. The van der Waals surface area contributed by atoms with Crippen LogP contribution in [0.15, 0.2) is 10.5 Å². The molecule has 0 radical (unpaired) electrons. The van der Waals surface area contributed by atoms with Crippen molar-refractivity contribution in [3.05, 3.63) is 16.1 Å². The van der Waals surface area contributed by atoms with E-state index < -0.39 is 0 Å². The molecule has 5 heteroatoms. The van der Waals surface area contributed by atoms with Crippen LogP contribution in [-0.4, -0.2) is 25.9 Å². The highest BCUT2D eigenvalue weighted by Gasteiger charge is 2.38. The summed E-state index contributed by atoms with van der Waals surface area (Å²) in [5, 5.41) is 10.6. The number of phenols is 1. The van der Waals surface area contributed by atoms with Crippen molar-refractivity contribution in [3.63, 3.8) is 0 Å². The third kappa shape index (κ3) is 2.49. The lowest BCUT2D eigenvalue weighted by Crippen LogP contribution is -2.37. The first-order chi connectivity index (χ1) is 9.59. The molecule has 2 rings (SSSR count). The van der Waals surface area contributed by atoms with Gasteiger partial charge in [0.05, 0.1) is 14.2 Å². The minimum absolute atomic E-state index is 0.145. The molecule has 1 fully saturated rings. The van der Waals surface area contributed by atoms with Crippen molar-refractivity contribution in [1.82, 2.24) is 0 Å². The number of halogens is 1. The van der Waals surface area contributed by atoms with Gasteiger partial charge in [0.15, 0.2) is 11.5 Å². The summed E-state index contributed by atoms with van der Waals surface area (Å²) >= 11 is 3.56. The largest absolute Gasteiger partial charge is 0.504 e. The number of ether oxygens (including phenoxy) is 2. The normalized spacial score (nSPS) is 17.8. The van der Waals surface area contributed by atoms with E-state index in [0.29, 0.717) is 18.0 Å². The van der Waals surface area contributed by atoms with Crippen LogP contribution < -0.4 is 15.2 Å². The molecule has 0 spiro atoms. The number of methoxy groups -OCH3 is 2. The van der Waals surface area contributed by atoms with Gasteiger partial charge in [-0.1, -0.05) is 35.2 Å². The molecule has 1 aliphatic carbocycles. The summed E-state index contributed by atoms with van der Waals surface area (Å²) in [6.45, 7) is 0.522. The van der Waals surface area contributed by atoms with Gasteiger partial charge in [-0.3, -0.25) is 0 Å². The maximum Gasteiger partial charge on any atom is 0.203 e. The number of hydrogen-bond acceptors (Lipinski definition) is 4. The second-order valence-electron chi connectivity index (χ2n) is 5.36. The molecule has 0 aromatic heterocycles. The van der Waals surface area contributed by atoms with Crippen LogP contribution in [0.25, 0.3) is 0 Å². The van der Waals surface area contributed by atoms with Crippen molar-refractivity contribution in [1.29, 1.82) is 0 Å². The molecule has 0 aliphatic heterocycles. The summed E-state index contributed by atoms with van der Waals surface area (Å²) in [4.78, 5) is 0. The van der Waals surface area contributed by atoms with Gasteiger partial charge in [0, 0.05) is 22.0 Å². The fourth-order valence-corrected chi connectivity index (χ4v) is 4.05. The van der Waals surface area contributed by atoms with Gasteiger partial charge in [0.25, 0.3) is 0 Å². The van der Waals surface area contributed by atoms with E-state index in [1.807, 2.05) is 6.07 Å². The summed E-state index contributed by atoms with van der Waals surface area (Å²) < 4.78 is 11.4. The van der Waals surface area contributed by atoms with Gasteiger partial charge < -0.3 is 20.3 Å².